The average Bonchev–Trinajstić information content (AvgIpc) is 2.70. The lowest BCUT2D eigenvalue weighted by Crippen LogP contribution is -2.40. The first-order valence-corrected chi connectivity index (χ1v) is 6.72. The predicted molar refractivity (Wildman–Crippen MR) is 67.3 cm³/mol. The van der Waals surface area contributed by atoms with Crippen LogP contribution in [0.3, 0.4) is 0 Å². The molecule has 0 aromatic carbocycles. The van der Waals surface area contributed by atoms with E-state index in [0.29, 0.717) is 12.6 Å². The third kappa shape index (κ3) is 5.50. The van der Waals surface area contributed by atoms with Gasteiger partial charge in [-0.05, 0) is 38.6 Å². The van der Waals surface area contributed by atoms with Crippen LogP contribution >= 0.6 is 0 Å². The molecule has 0 bridgehead atoms. The van der Waals surface area contributed by atoms with E-state index in [2.05, 4.69) is 24.5 Å². The van der Waals surface area contributed by atoms with E-state index in [1.54, 1.807) is 0 Å². The molecule has 16 heavy (non-hydrogen) atoms. The SMILES string of the molecule is CCCC(C)NC(=O)CNCC1CCCC1. The van der Waals surface area contributed by atoms with Gasteiger partial charge in [-0.2, -0.15) is 0 Å². The van der Waals surface area contributed by atoms with Crippen molar-refractivity contribution < 1.29 is 4.79 Å². The summed E-state index contributed by atoms with van der Waals surface area (Å²) in [5.41, 5.74) is 0. The molecular formula is C13H26N2O. The molecule has 3 heteroatoms. The fourth-order valence-corrected chi connectivity index (χ4v) is 2.44. The molecule has 2 N–H and O–H groups in total. The molecule has 0 radical (unpaired) electrons. The minimum atomic E-state index is 0.138. The monoisotopic (exact) mass is 226 g/mol. The molecule has 1 aliphatic carbocycles. The van der Waals surface area contributed by atoms with Crippen LogP contribution in [-0.4, -0.2) is 25.0 Å². The molecule has 1 atom stereocenters. The quantitative estimate of drug-likeness (QED) is 0.698. The van der Waals surface area contributed by atoms with Crippen molar-refractivity contribution in [3.05, 3.63) is 0 Å². The summed E-state index contributed by atoms with van der Waals surface area (Å²) in [6.45, 7) is 5.69. The van der Waals surface area contributed by atoms with E-state index < -0.39 is 0 Å². The van der Waals surface area contributed by atoms with Gasteiger partial charge in [0.2, 0.25) is 5.91 Å². The number of carbonyl (C=O) groups is 1. The Morgan fingerprint density at radius 3 is 2.69 bits per heavy atom. The summed E-state index contributed by atoms with van der Waals surface area (Å²) in [6, 6.07) is 0.311. The van der Waals surface area contributed by atoms with Crippen LogP contribution in [0, 0.1) is 5.92 Å². The Morgan fingerprint density at radius 1 is 1.38 bits per heavy atom. The Bertz CT molecular complexity index is 200. The summed E-state index contributed by atoms with van der Waals surface area (Å²) >= 11 is 0. The van der Waals surface area contributed by atoms with Gasteiger partial charge in [0, 0.05) is 6.04 Å². The summed E-state index contributed by atoms with van der Waals surface area (Å²) < 4.78 is 0. The van der Waals surface area contributed by atoms with Gasteiger partial charge >= 0.3 is 0 Å². The number of hydrogen-bond donors (Lipinski definition) is 2. The van der Waals surface area contributed by atoms with Gasteiger partial charge in [0.25, 0.3) is 0 Å². The second-order valence-electron chi connectivity index (χ2n) is 5.04. The lowest BCUT2D eigenvalue weighted by molar-refractivity contribution is -0.120. The van der Waals surface area contributed by atoms with Crippen molar-refractivity contribution in [3.63, 3.8) is 0 Å². The molecule has 3 nitrogen and oxygen atoms in total. The highest BCUT2D eigenvalue weighted by Gasteiger charge is 2.14. The third-order valence-corrected chi connectivity index (χ3v) is 3.32. The molecule has 1 aliphatic rings. The predicted octanol–water partition coefficient (Wildman–Crippen LogP) is 2.07. The summed E-state index contributed by atoms with van der Waals surface area (Å²) in [5.74, 6) is 0.944. The molecule has 0 aromatic rings. The van der Waals surface area contributed by atoms with Crippen LogP contribution in [0.4, 0.5) is 0 Å². The standard InChI is InChI=1S/C13H26N2O/c1-3-6-11(2)15-13(16)10-14-9-12-7-4-5-8-12/h11-12,14H,3-10H2,1-2H3,(H,15,16). The van der Waals surface area contributed by atoms with Crippen LogP contribution in [0.2, 0.25) is 0 Å². The van der Waals surface area contributed by atoms with Crippen LogP contribution in [0.1, 0.15) is 52.4 Å². The Balaban J connectivity index is 2.01. The van der Waals surface area contributed by atoms with Crippen molar-refractivity contribution in [2.75, 3.05) is 13.1 Å². The number of carbonyl (C=O) groups excluding carboxylic acids is 1. The molecule has 0 spiro atoms. The third-order valence-electron chi connectivity index (χ3n) is 3.32. The first kappa shape index (κ1) is 13.5. The first-order chi connectivity index (χ1) is 7.72. The zero-order valence-corrected chi connectivity index (χ0v) is 10.7. The highest BCUT2D eigenvalue weighted by Crippen LogP contribution is 2.23. The average molecular weight is 226 g/mol. The molecular weight excluding hydrogens is 200 g/mol. The van der Waals surface area contributed by atoms with Gasteiger partial charge in [-0.1, -0.05) is 26.2 Å². The summed E-state index contributed by atoms with van der Waals surface area (Å²) in [5, 5.41) is 6.27. The Hall–Kier alpha value is -0.570. The van der Waals surface area contributed by atoms with Crippen LogP contribution in [0.5, 0.6) is 0 Å². The largest absolute Gasteiger partial charge is 0.353 e. The summed E-state index contributed by atoms with van der Waals surface area (Å²) in [4.78, 5) is 11.5. The molecule has 0 heterocycles. The minimum Gasteiger partial charge on any atom is -0.353 e. The van der Waals surface area contributed by atoms with Gasteiger partial charge in [-0.25, -0.2) is 0 Å². The lowest BCUT2D eigenvalue weighted by atomic mass is 10.1. The number of amides is 1. The van der Waals surface area contributed by atoms with Crippen molar-refractivity contribution in [2.24, 2.45) is 5.92 Å². The van der Waals surface area contributed by atoms with Crippen LogP contribution in [0.15, 0.2) is 0 Å². The topological polar surface area (TPSA) is 41.1 Å². The van der Waals surface area contributed by atoms with Gasteiger partial charge in [0.1, 0.15) is 0 Å². The Kier molecular flexibility index (Phi) is 6.46. The molecule has 0 aliphatic heterocycles. The van der Waals surface area contributed by atoms with E-state index in [4.69, 9.17) is 0 Å². The first-order valence-electron chi connectivity index (χ1n) is 6.72. The molecule has 1 fully saturated rings. The van der Waals surface area contributed by atoms with Crippen molar-refractivity contribution >= 4 is 5.91 Å². The highest BCUT2D eigenvalue weighted by molar-refractivity contribution is 5.78. The van der Waals surface area contributed by atoms with E-state index in [1.807, 2.05) is 0 Å². The Labute approximate surface area is 99.4 Å². The Morgan fingerprint density at radius 2 is 2.06 bits per heavy atom. The van der Waals surface area contributed by atoms with Crippen molar-refractivity contribution in [1.82, 2.24) is 10.6 Å². The maximum atomic E-state index is 11.5. The molecule has 0 aromatic heterocycles. The van der Waals surface area contributed by atoms with E-state index in [-0.39, 0.29) is 5.91 Å². The minimum absolute atomic E-state index is 0.138. The van der Waals surface area contributed by atoms with Crippen LogP contribution < -0.4 is 10.6 Å². The summed E-state index contributed by atoms with van der Waals surface area (Å²) in [7, 11) is 0. The number of hydrogen-bond acceptors (Lipinski definition) is 2. The van der Waals surface area contributed by atoms with Crippen molar-refractivity contribution in [2.45, 2.75) is 58.4 Å². The molecule has 0 saturated heterocycles. The maximum Gasteiger partial charge on any atom is 0.234 e. The van der Waals surface area contributed by atoms with Gasteiger partial charge in [-0.3, -0.25) is 4.79 Å². The normalized spacial score (nSPS) is 18.6. The number of rotatable bonds is 7. The highest BCUT2D eigenvalue weighted by atomic mass is 16.1. The van der Waals surface area contributed by atoms with E-state index in [9.17, 15) is 4.79 Å². The fraction of sp³-hybridized carbons (Fsp3) is 0.923. The van der Waals surface area contributed by atoms with Gasteiger partial charge < -0.3 is 10.6 Å². The zero-order valence-electron chi connectivity index (χ0n) is 10.7. The van der Waals surface area contributed by atoms with Gasteiger partial charge in [0.05, 0.1) is 6.54 Å². The van der Waals surface area contributed by atoms with Gasteiger partial charge in [0.15, 0.2) is 0 Å². The second kappa shape index (κ2) is 7.66. The molecule has 1 unspecified atom stereocenters. The van der Waals surface area contributed by atoms with Crippen LogP contribution in [-0.2, 0) is 4.79 Å². The van der Waals surface area contributed by atoms with Crippen LogP contribution in [0.25, 0.3) is 0 Å². The molecule has 1 rings (SSSR count). The lowest BCUT2D eigenvalue weighted by Gasteiger charge is -2.14. The smallest absolute Gasteiger partial charge is 0.234 e. The van der Waals surface area contributed by atoms with Crippen molar-refractivity contribution in [1.29, 1.82) is 0 Å². The van der Waals surface area contributed by atoms with Crippen molar-refractivity contribution in [3.8, 4) is 0 Å². The molecule has 94 valence electrons. The van der Waals surface area contributed by atoms with Gasteiger partial charge in [-0.15, -0.1) is 0 Å². The fourth-order valence-electron chi connectivity index (χ4n) is 2.44. The molecule has 1 saturated carbocycles. The van der Waals surface area contributed by atoms with E-state index in [1.165, 1.54) is 25.7 Å². The van der Waals surface area contributed by atoms with E-state index in [0.717, 1.165) is 25.3 Å². The van der Waals surface area contributed by atoms with E-state index >= 15 is 0 Å². The summed E-state index contributed by atoms with van der Waals surface area (Å²) in [6.07, 6.45) is 7.59. The zero-order chi connectivity index (χ0) is 11.8. The maximum absolute atomic E-state index is 11.5. The molecule has 1 amide bonds. The second-order valence-corrected chi connectivity index (χ2v) is 5.04. The number of nitrogens with one attached hydrogen (secondary N) is 2.